The van der Waals surface area contributed by atoms with Gasteiger partial charge in [0.05, 0.1) is 7.11 Å². The maximum absolute atomic E-state index is 13.2. The number of esters is 1. The molecule has 0 aliphatic carbocycles. The molecule has 194 valence electrons. The van der Waals surface area contributed by atoms with Gasteiger partial charge in [0, 0.05) is 25.1 Å². The quantitative estimate of drug-likeness (QED) is 0.325. The van der Waals surface area contributed by atoms with Crippen molar-refractivity contribution in [2.24, 2.45) is 7.05 Å². The van der Waals surface area contributed by atoms with E-state index >= 15 is 0 Å². The number of nitrogens with zero attached hydrogens (tertiary/aromatic N) is 7. The van der Waals surface area contributed by atoms with Gasteiger partial charge in [-0.1, -0.05) is 62.4 Å². The van der Waals surface area contributed by atoms with Gasteiger partial charge in [-0.2, -0.15) is 5.21 Å². The molecule has 0 bridgehead atoms. The van der Waals surface area contributed by atoms with Gasteiger partial charge in [-0.15, -0.1) is 10.2 Å². The smallest absolute Gasteiger partial charge is 0.333 e. The molecule has 0 amide bonds. The molecule has 3 heterocycles. The molecule has 0 saturated heterocycles. The molecule has 0 fully saturated rings. The Hall–Kier alpha value is -4.87. The van der Waals surface area contributed by atoms with Gasteiger partial charge in [0.1, 0.15) is 12.4 Å². The lowest BCUT2D eigenvalue weighted by Gasteiger charge is -2.13. The Morgan fingerprint density at radius 1 is 1.03 bits per heavy atom. The molecule has 38 heavy (non-hydrogen) atoms. The van der Waals surface area contributed by atoms with E-state index in [1.165, 1.54) is 18.7 Å². The van der Waals surface area contributed by atoms with E-state index in [1.807, 2.05) is 66.9 Å². The van der Waals surface area contributed by atoms with Gasteiger partial charge in [0.15, 0.2) is 11.2 Å². The number of carbonyl (C=O) groups is 1. The van der Waals surface area contributed by atoms with Crippen LogP contribution < -0.4 is 11.2 Å². The van der Waals surface area contributed by atoms with Crippen LogP contribution in [0, 0.1) is 0 Å². The number of rotatable bonds is 7. The molecule has 1 N–H and O–H groups in total. The number of aromatic nitrogens is 8. The summed E-state index contributed by atoms with van der Waals surface area (Å²) in [5.41, 5.74) is 3.02. The van der Waals surface area contributed by atoms with Crippen molar-refractivity contribution in [2.75, 3.05) is 7.11 Å². The van der Waals surface area contributed by atoms with E-state index in [4.69, 9.17) is 4.74 Å². The fourth-order valence-corrected chi connectivity index (χ4v) is 4.49. The fraction of sp³-hybridized carbons (Fsp3) is 0.269. The van der Waals surface area contributed by atoms with Crippen molar-refractivity contribution in [3.63, 3.8) is 0 Å². The highest BCUT2D eigenvalue weighted by molar-refractivity contribution is 5.80. The summed E-state index contributed by atoms with van der Waals surface area (Å²) in [5, 5.41) is 14.4. The number of carbonyl (C=O) groups excluding carboxylic acids is 1. The molecule has 0 aliphatic rings. The maximum atomic E-state index is 13.2. The van der Waals surface area contributed by atoms with Crippen LogP contribution in [0.1, 0.15) is 31.2 Å². The molecule has 2 aromatic carbocycles. The Kier molecular flexibility index (Phi) is 6.45. The second-order valence-electron chi connectivity index (χ2n) is 9.17. The Morgan fingerprint density at radius 2 is 1.74 bits per heavy atom. The zero-order chi connectivity index (χ0) is 27.0. The molecule has 0 saturated carbocycles. The highest BCUT2D eigenvalue weighted by Crippen LogP contribution is 2.30. The summed E-state index contributed by atoms with van der Waals surface area (Å²) in [6.07, 6.45) is 0. The minimum absolute atomic E-state index is 0.0464. The molecular weight excluding hydrogens is 488 g/mol. The van der Waals surface area contributed by atoms with Crippen molar-refractivity contribution in [1.82, 2.24) is 39.3 Å². The predicted octanol–water partition coefficient (Wildman–Crippen LogP) is 2.09. The van der Waals surface area contributed by atoms with Crippen molar-refractivity contribution in [3.05, 3.63) is 80.8 Å². The molecule has 0 spiro atoms. The average molecular weight is 515 g/mol. The third-order valence-corrected chi connectivity index (χ3v) is 6.41. The second-order valence-corrected chi connectivity index (χ2v) is 9.17. The largest absolute Gasteiger partial charge is 0.468 e. The maximum Gasteiger partial charge on any atom is 0.333 e. The minimum atomic E-state index is -0.627. The van der Waals surface area contributed by atoms with E-state index in [2.05, 4.69) is 25.6 Å². The third-order valence-electron chi connectivity index (χ3n) is 6.41. The SMILES string of the molecule is COC(=O)Cn1c(=O)n(C)c(=O)c2c1nc(C(C)C)n2Cc1ccc(-c2ccccc2-c2nn[nH]n2)cc1. The van der Waals surface area contributed by atoms with Crippen LogP contribution >= 0.6 is 0 Å². The van der Waals surface area contributed by atoms with Crippen LogP contribution in [0.4, 0.5) is 0 Å². The monoisotopic (exact) mass is 514 g/mol. The van der Waals surface area contributed by atoms with Crippen LogP contribution in [-0.4, -0.2) is 52.4 Å². The molecule has 0 radical (unpaired) electrons. The lowest BCUT2D eigenvalue weighted by atomic mass is 9.98. The van der Waals surface area contributed by atoms with Crippen molar-refractivity contribution in [1.29, 1.82) is 0 Å². The first-order chi connectivity index (χ1) is 18.3. The molecule has 12 heteroatoms. The number of fused-ring (bicyclic) bond motifs is 1. The van der Waals surface area contributed by atoms with Gasteiger partial charge in [-0.05, 0) is 21.9 Å². The second kappa shape index (κ2) is 9.88. The molecular formula is C26H26N8O4. The summed E-state index contributed by atoms with van der Waals surface area (Å²) >= 11 is 0. The lowest BCUT2D eigenvalue weighted by Crippen LogP contribution is -2.40. The number of imidazole rings is 1. The Labute approximate surface area is 216 Å². The number of benzene rings is 2. The first-order valence-corrected chi connectivity index (χ1v) is 12.0. The number of hydrogen-bond donors (Lipinski definition) is 1. The summed E-state index contributed by atoms with van der Waals surface area (Å²) < 4.78 is 8.75. The van der Waals surface area contributed by atoms with E-state index < -0.39 is 17.2 Å². The minimum Gasteiger partial charge on any atom is -0.468 e. The van der Waals surface area contributed by atoms with Gasteiger partial charge in [-0.25, -0.2) is 9.78 Å². The molecule has 0 aliphatic heterocycles. The van der Waals surface area contributed by atoms with Crippen molar-refractivity contribution in [2.45, 2.75) is 32.9 Å². The van der Waals surface area contributed by atoms with Crippen LogP contribution in [0.5, 0.6) is 0 Å². The number of nitrogens with one attached hydrogen (secondary N) is 1. The van der Waals surface area contributed by atoms with E-state index in [1.54, 1.807) is 0 Å². The number of hydrogen-bond acceptors (Lipinski definition) is 8. The van der Waals surface area contributed by atoms with Crippen molar-refractivity contribution in [3.8, 4) is 22.5 Å². The normalized spacial score (nSPS) is 11.4. The van der Waals surface area contributed by atoms with E-state index in [0.29, 0.717) is 18.2 Å². The fourth-order valence-electron chi connectivity index (χ4n) is 4.49. The molecule has 12 nitrogen and oxygen atoms in total. The van der Waals surface area contributed by atoms with Crippen LogP contribution in [0.25, 0.3) is 33.7 Å². The predicted molar refractivity (Wildman–Crippen MR) is 139 cm³/mol. The van der Waals surface area contributed by atoms with E-state index in [-0.39, 0.29) is 23.6 Å². The number of H-pyrrole nitrogens is 1. The number of methoxy groups -OCH3 is 1. The number of ether oxygens (including phenoxy) is 1. The van der Waals surface area contributed by atoms with Crippen LogP contribution in [0.2, 0.25) is 0 Å². The summed E-state index contributed by atoms with van der Waals surface area (Å²) in [6, 6.07) is 15.7. The van der Waals surface area contributed by atoms with E-state index in [0.717, 1.165) is 26.8 Å². The standard InChI is InChI=1S/C26H26N8O4/c1-15(2)23-27-24-21(25(36)32(3)26(37)34(24)14-20(35)38-4)33(23)13-16-9-11-17(12-10-16)18-7-5-6-8-19(18)22-28-30-31-29-22/h5-12,15H,13-14H2,1-4H3,(H,28,29,30,31). The first kappa shape index (κ1) is 24.8. The third kappa shape index (κ3) is 4.29. The van der Waals surface area contributed by atoms with E-state index in [9.17, 15) is 14.4 Å². The first-order valence-electron chi connectivity index (χ1n) is 12.0. The van der Waals surface area contributed by atoms with Crippen molar-refractivity contribution >= 4 is 17.1 Å². The van der Waals surface area contributed by atoms with Crippen LogP contribution in [0.15, 0.2) is 58.1 Å². The summed E-state index contributed by atoms with van der Waals surface area (Å²) in [7, 11) is 2.63. The highest BCUT2D eigenvalue weighted by Gasteiger charge is 2.23. The number of tetrazole rings is 1. The molecule has 5 rings (SSSR count). The Bertz CT molecular complexity index is 1750. The highest BCUT2D eigenvalue weighted by atomic mass is 16.5. The Balaban J connectivity index is 1.59. The molecule has 0 unspecified atom stereocenters. The average Bonchev–Trinajstić information content (AvgIpc) is 3.59. The zero-order valence-corrected chi connectivity index (χ0v) is 21.4. The van der Waals surface area contributed by atoms with Gasteiger partial charge < -0.3 is 9.30 Å². The van der Waals surface area contributed by atoms with Gasteiger partial charge in [0.2, 0.25) is 5.82 Å². The molecule has 3 aromatic heterocycles. The topological polar surface area (TPSA) is 143 Å². The van der Waals surface area contributed by atoms with Crippen LogP contribution in [0.3, 0.4) is 0 Å². The van der Waals surface area contributed by atoms with Gasteiger partial charge in [0.25, 0.3) is 5.56 Å². The lowest BCUT2D eigenvalue weighted by molar-refractivity contribution is -0.141. The summed E-state index contributed by atoms with van der Waals surface area (Å²) in [4.78, 5) is 42.8. The van der Waals surface area contributed by atoms with Gasteiger partial charge in [-0.3, -0.25) is 18.7 Å². The van der Waals surface area contributed by atoms with Crippen LogP contribution in [-0.2, 0) is 29.7 Å². The van der Waals surface area contributed by atoms with Crippen molar-refractivity contribution < 1.29 is 9.53 Å². The summed E-state index contributed by atoms with van der Waals surface area (Å²) in [5.74, 6) is 0.483. The Morgan fingerprint density at radius 3 is 2.37 bits per heavy atom. The van der Waals surface area contributed by atoms with Gasteiger partial charge >= 0.3 is 11.7 Å². The molecule has 5 aromatic rings. The summed E-state index contributed by atoms with van der Waals surface area (Å²) in [6.45, 7) is 3.93. The zero-order valence-electron chi connectivity index (χ0n) is 21.4. The molecule has 0 atom stereocenters. The number of aromatic amines is 1.